The SMILES string of the molecule is [B]c1cncc(OCc2ccccc2)c1. The first-order chi connectivity index (χ1) is 7.34. The standard InChI is InChI=1S/C12H10BNO/c13-11-6-12(8-14-7-11)15-9-10-4-2-1-3-5-10/h1-8H,9H2. The van der Waals surface area contributed by atoms with Gasteiger partial charge in [-0.15, -0.1) is 0 Å². The summed E-state index contributed by atoms with van der Waals surface area (Å²) in [5, 5.41) is 0. The van der Waals surface area contributed by atoms with Gasteiger partial charge in [0.2, 0.25) is 0 Å². The van der Waals surface area contributed by atoms with Crippen molar-refractivity contribution in [3.05, 3.63) is 54.4 Å². The van der Waals surface area contributed by atoms with Crippen molar-refractivity contribution >= 4 is 13.3 Å². The van der Waals surface area contributed by atoms with Crippen LogP contribution in [0.1, 0.15) is 5.56 Å². The van der Waals surface area contributed by atoms with Crippen LogP contribution in [0.15, 0.2) is 48.8 Å². The van der Waals surface area contributed by atoms with E-state index in [1.807, 2.05) is 30.3 Å². The van der Waals surface area contributed by atoms with Gasteiger partial charge in [0, 0.05) is 6.20 Å². The van der Waals surface area contributed by atoms with Gasteiger partial charge in [-0.1, -0.05) is 35.8 Å². The summed E-state index contributed by atoms with van der Waals surface area (Å²) in [5.41, 5.74) is 1.74. The highest BCUT2D eigenvalue weighted by Crippen LogP contribution is 2.08. The van der Waals surface area contributed by atoms with E-state index in [-0.39, 0.29) is 0 Å². The van der Waals surface area contributed by atoms with E-state index < -0.39 is 0 Å². The van der Waals surface area contributed by atoms with E-state index in [1.165, 1.54) is 0 Å². The molecular formula is C12H10BNO. The fourth-order valence-electron chi connectivity index (χ4n) is 1.26. The van der Waals surface area contributed by atoms with Crippen LogP contribution in [0.4, 0.5) is 0 Å². The molecule has 1 aromatic carbocycles. The Labute approximate surface area is 90.3 Å². The number of aromatic nitrogens is 1. The van der Waals surface area contributed by atoms with Crippen molar-refractivity contribution in [1.82, 2.24) is 4.98 Å². The lowest BCUT2D eigenvalue weighted by atomic mass is 9.99. The molecule has 0 fully saturated rings. The van der Waals surface area contributed by atoms with E-state index in [0.29, 0.717) is 17.8 Å². The van der Waals surface area contributed by atoms with Gasteiger partial charge >= 0.3 is 0 Å². The number of hydrogen-bond acceptors (Lipinski definition) is 2. The predicted octanol–water partition coefficient (Wildman–Crippen LogP) is 1.45. The molecule has 0 atom stereocenters. The smallest absolute Gasteiger partial charge is 0.137 e. The lowest BCUT2D eigenvalue weighted by molar-refractivity contribution is 0.305. The zero-order valence-electron chi connectivity index (χ0n) is 8.26. The molecule has 1 heterocycles. The summed E-state index contributed by atoms with van der Waals surface area (Å²) >= 11 is 0. The molecule has 0 saturated heterocycles. The summed E-state index contributed by atoms with van der Waals surface area (Å²) in [6.07, 6.45) is 3.24. The van der Waals surface area contributed by atoms with Crippen molar-refractivity contribution in [3.63, 3.8) is 0 Å². The molecule has 0 saturated carbocycles. The lowest BCUT2D eigenvalue weighted by Gasteiger charge is -2.06. The third-order valence-corrected chi connectivity index (χ3v) is 1.98. The first-order valence-electron chi connectivity index (χ1n) is 4.72. The fourth-order valence-corrected chi connectivity index (χ4v) is 1.26. The van der Waals surface area contributed by atoms with Gasteiger partial charge in [0.25, 0.3) is 0 Å². The van der Waals surface area contributed by atoms with Gasteiger partial charge in [0.05, 0.1) is 6.20 Å². The van der Waals surface area contributed by atoms with Gasteiger partial charge < -0.3 is 4.74 Å². The van der Waals surface area contributed by atoms with Crippen LogP contribution in [0.25, 0.3) is 0 Å². The Morgan fingerprint density at radius 2 is 1.93 bits per heavy atom. The normalized spacial score (nSPS) is 9.87. The summed E-state index contributed by atoms with van der Waals surface area (Å²) in [6, 6.07) is 11.7. The third-order valence-electron chi connectivity index (χ3n) is 1.98. The van der Waals surface area contributed by atoms with Crippen LogP contribution >= 0.6 is 0 Å². The Morgan fingerprint density at radius 1 is 1.13 bits per heavy atom. The maximum absolute atomic E-state index is 5.59. The van der Waals surface area contributed by atoms with E-state index in [4.69, 9.17) is 12.6 Å². The quantitative estimate of drug-likeness (QED) is 0.691. The zero-order chi connectivity index (χ0) is 10.5. The van der Waals surface area contributed by atoms with E-state index >= 15 is 0 Å². The molecule has 0 unspecified atom stereocenters. The Kier molecular flexibility index (Phi) is 3.03. The highest BCUT2D eigenvalue weighted by Gasteiger charge is 1.95. The van der Waals surface area contributed by atoms with Crippen molar-refractivity contribution in [2.24, 2.45) is 0 Å². The van der Waals surface area contributed by atoms with Crippen LogP contribution in [0.5, 0.6) is 5.75 Å². The molecule has 3 heteroatoms. The fraction of sp³-hybridized carbons (Fsp3) is 0.0833. The molecule has 2 radical (unpaired) electrons. The monoisotopic (exact) mass is 195 g/mol. The molecule has 0 N–H and O–H groups in total. The number of rotatable bonds is 3. The summed E-state index contributed by atoms with van der Waals surface area (Å²) in [7, 11) is 5.59. The lowest BCUT2D eigenvalue weighted by Crippen LogP contribution is -2.04. The number of hydrogen-bond donors (Lipinski definition) is 0. The van der Waals surface area contributed by atoms with E-state index in [2.05, 4.69) is 4.98 Å². The Hall–Kier alpha value is -1.77. The second-order valence-corrected chi connectivity index (χ2v) is 3.23. The third kappa shape index (κ3) is 2.84. The molecule has 1 aromatic heterocycles. The Balaban J connectivity index is 1.99. The predicted molar refractivity (Wildman–Crippen MR) is 60.4 cm³/mol. The van der Waals surface area contributed by atoms with Crippen LogP contribution in [0.3, 0.4) is 0 Å². The van der Waals surface area contributed by atoms with E-state index in [0.717, 1.165) is 5.56 Å². The summed E-state index contributed by atoms with van der Waals surface area (Å²) in [4.78, 5) is 3.95. The summed E-state index contributed by atoms with van der Waals surface area (Å²) in [6.45, 7) is 0.534. The van der Waals surface area contributed by atoms with Crippen LogP contribution in [0, 0.1) is 0 Å². The molecule has 0 spiro atoms. The first-order valence-corrected chi connectivity index (χ1v) is 4.72. The second kappa shape index (κ2) is 4.64. The van der Waals surface area contributed by atoms with Gasteiger partial charge in [-0.25, -0.2) is 0 Å². The van der Waals surface area contributed by atoms with Crippen molar-refractivity contribution in [1.29, 1.82) is 0 Å². The van der Waals surface area contributed by atoms with Gasteiger partial charge in [-0.2, -0.15) is 0 Å². The largest absolute Gasteiger partial charge is 0.487 e. The maximum atomic E-state index is 5.59. The van der Waals surface area contributed by atoms with Crippen LogP contribution in [0.2, 0.25) is 0 Å². The number of pyridine rings is 1. The van der Waals surface area contributed by atoms with Crippen molar-refractivity contribution in [2.45, 2.75) is 6.61 Å². The molecule has 0 bridgehead atoms. The molecule has 2 rings (SSSR count). The first kappa shape index (κ1) is 9.78. The number of nitrogens with zero attached hydrogens (tertiary/aromatic N) is 1. The molecule has 72 valence electrons. The molecule has 2 aromatic rings. The van der Waals surface area contributed by atoms with Crippen molar-refractivity contribution in [3.8, 4) is 5.75 Å². The van der Waals surface area contributed by atoms with E-state index in [1.54, 1.807) is 18.5 Å². The summed E-state index contributed by atoms with van der Waals surface area (Å²) in [5.74, 6) is 0.693. The Morgan fingerprint density at radius 3 is 2.67 bits per heavy atom. The van der Waals surface area contributed by atoms with Crippen LogP contribution in [-0.4, -0.2) is 12.8 Å². The minimum atomic E-state index is 0.534. The Bertz CT molecular complexity index is 431. The molecular weight excluding hydrogens is 185 g/mol. The molecule has 15 heavy (non-hydrogen) atoms. The highest BCUT2D eigenvalue weighted by molar-refractivity contribution is 6.32. The molecule has 2 nitrogen and oxygen atoms in total. The van der Waals surface area contributed by atoms with E-state index in [9.17, 15) is 0 Å². The topological polar surface area (TPSA) is 22.1 Å². The van der Waals surface area contributed by atoms with Crippen LogP contribution < -0.4 is 10.2 Å². The molecule has 0 aliphatic heterocycles. The second-order valence-electron chi connectivity index (χ2n) is 3.23. The number of ether oxygens (including phenoxy) is 1. The minimum absolute atomic E-state index is 0.534. The van der Waals surface area contributed by atoms with Crippen molar-refractivity contribution < 1.29 is 4.74 Å². The summed E-state index contributed by atoms with van der Waals surface area (Å²) < 4.78 is 5.53. The average molecular weight is 195 g/mol. The highest BCUT2D eigenvalue weighted by atomic mass is 16.5. The van der Waals surface area contributed by atoms with Gasteiger partial charge in [-0.05, 0) is 11.6 Å². The van der Waals surface area contributed by atoms with Gasteiger partial charge in [0.1, 0.15) is 20.2 Å². The molecule has 0 amide bonds. The minimum Gasteiger partial charge on any atom is -0.487 e. The maximum Gasteiger partial charge on any atom is 0.137 e. The van der Waals surface area contributed by atoms with Crippen molar-refractivity contribution in [2.75, 3.05) is 0 Å². The molecule has 0 aliphatic carbocycles. The average Bonchev–Trinajstić information content (AvgIpc) is 2.28. The van der Waals surface area contributed by atoms with Gasteiger partial charge in [0.15, 0.2) is 0 Å². The van der Waals surface area contributed by atoms with Crippen LogP contribution in [-0.2, 0) is 6.61 Å². The van der Waals surface area contributed by atoms with Gasteiger partial charge in [-0.3, -0.25) is 4.98 Å². The number of benzene rings is 1. The zero-order valence-corrected chi connectivity index (χ0v) is 8.26. The molecule has 0 aliphatic rings.